The highest BCUT2D eigenvalue weighted by molar-refractivity contribution is 6.01. The van der Waals surface area contributed by atoms with Crippen LogP contribution in [0, 0.1) is 6.92 Å². The fraction of sp³-hybridized carbons (Fsp3) is 0.0500. The van der Waals surface area contributed by atoms with Gasteiger partial charge in [-0.15, -0.1) is 0 Å². The van der Waals surface area contributed by atoms with E-state index in [9.17, 15) is 0 Å². The number of benzene rings is 9. The minimum absolute atomic E-state index is 0.475. The highest BCUT2D eigenvalue weighted by Crippen LogP contribution is 2.65. The van der Waals surface area contributed by atoms with E-state index in [1.165, 1.54) is 94.6 Å². The molecule has 0 radical (unpaired) electrons. The molecule has 0 fully saturated rings. The molecule has 1 heterocycles. The predicted molar refractivity (Wildman–Crippen MR) is 253 cm³/mol. The molecule has 0 aliphatic heterocycles. The number of hydrogen-bond acceptors (Lipinski definition) is 3. The van der Waals surface area contributed by atoms with Gasteiger partial charge in [-0.3, -0.25) is 0 Å². The van der Waals surface area contributed by atoms with Crippen molar-refractivity contribution in [1.82, 2.24) is 15.0 Å². The molecular weight excluding hydrogens is 763 g/mol. The van der Waals surface area contributed by atoms with E-state index in [1.807, 2.05) is 0 Å². The first-order chi connectivity index (χ1) is 31.2. The first-order valence-electron chi connectivity index (χ1n) is 21.9. The van der Waals surface area contributed by atoms with Gasteiger partial charge in [0.15, 0.2) is 17.5 Å². The third-order valence-corrected chi connectivity index (χ3v) is 14.5. The van der Waals surface area contributed by atoms with Gasteiger partial charge in [-0.1, -0.05) is 212 Å². The molecule has 0 bridgehead atoms. The van der Waals surface area contributed by atoms with E-state index in [1.54, 1.807) is 0 Å². The molecule has 0 amide bonds. The standard InChI is InChI=1S/C60H37N3/c1-36-32-34-37(35-33-36)56-61-57(44-22-14-30-52-54(44)42-20-6-12-28-50(42)59(52)46-24-8-2-16-38(46)39-17-3-9-25-47(39)59)63-58(62-56)45-23-15-31-53-55(45)43-21-7-13-29-51(43)60(53)48-26-10-4-18-40(48)41-19-5-11-27-49(41)60/h2-35H,1H3. The van der Waals surface area contributed by atoms with Gasteiger partial charge in [0.25, 0.3) is 0 Å². The smallest absolute Gasteiger partial charge is 0.164 e. The monoisotopic (exact) mass is 799 g/mol. The van der Waals surface area contributed by atoms with E-state index < -0.39 is 10.8 Å². The lowest BCUT2D eigenvalue weighted by molar-refractivity contribution is 0.793. The van der Waals surface area contributed by atoms with Crippen molar-refractivity contribution in [2.45, 2.75) is 17.8 Å². The number of nitrogens with zero attached hydrogens (tertiary/aromatic N) is 3. The van der Waals surface area contributed by atoms with Crippen LogP contribution in [0.25, 0.3) is 78.7 Å². The lowest BCUT2D eigenvalue weighted by Crippen LogP contribution is -2.25. The van der Waals surface area contributed by atoms with Gasteiger partial charge in [-0.05, 0) is 95.9 Å². The van der Waals surface area contributed by atoms with Crippen LogP contribution in [0.1, 0.15) is 50.1 Å². The van der Waals surface area contributed by atoms with E-state index >= 15 is 0 Å². The molecule has 14 rings (SSSR count). The molecule has 2 spiro atoms. The zero-order chi connectivity index (χ0) is 41.4. The van der Waals surface area contributed by atoms with Crippen molar-refractivity contribution in [2.75, 3.05) is 0 Å². The molecule has 0 N–H and O–H groups in total. The van der Waals surface area contributed by atoms with Gasteiger partial charge >= 0.3 is 0 Å². The fourth-order valence-electron chi connectivity index (χ4n) is 12.1. The van der Waals surface area contributed by atoms with Crippen LogP contribution in [0.3, 0.4) is 0 Å². The number of hydrogen-bond donors (Lipinski definition) is 0. The average Bonchev–Trinajstić information content (AvgIpc) is 4.03. The topological polar surface area (TPSA) is 38.7 Å². The zero-order valence-corrected chi connectivity index (χ0v) is 34.5. The summed E-state index contributed by atoms with van der Waals surface area (Å²) in [6, 6.07) is 75.8. The van der Waals surface area contributed by atoms with E-state index in [4.69, 9.17) is 15.0 Å². The molecule has 0 atom stereocenters. The van der Waals surface area contributed by atoms with Gasteiger partial charge in [-0.25, -0.2) is 15.0 Å². The quantitative estimate of drug-likeness (QED) is 0.179. The maximum Gasteiger partial charge on any atom is 0.164 e. The van der Waals surface area contributed by atoms with Crippen LogP contribution in [0.15, 0.2) is 206 Å². The molecule has 3 heteroatoms. The Kier molecular flexibility index (Phi) is 6.90. The Morgan fingerprint density at radius 3 is 0.921 bits per heavy atom. The van der Waals surface area contributed by atoms with E-state index in [2.05, 4.69) is 213 Å². The summed E-state index contributed by atoms with van der Waals surface area (Å²) in [4.78, 5) is 16.5. The van der Waals surface area contributed by atoms with E-state index in [0.29, 0.717) is 17.5 Å². The molecule has 4 aliphatic rings. The molecule has 0 saturated heterocycles. The van der Waals surface area contributed by atoms with Gasteiger partial charge < -0.3 is 0 Å². The molecule has 4 aliphatic carbocycles. The van der Waals surface area contributed by atoms with Crippen molar-refractivity contribution < 1.29 is 0 Å². The minimum Gasteiger partial charge on any atom is -0.208 e. The molecule has 0 unspecified atom stereocenters. The third kappa shape index (κ3) is 4.31. The molecule has 292 valence electrons. The number of aromatic nitrogens is 3. The first-order valence-corrected chi connectivity index (χ1v) is 21.9. The molecule has 1 aromatic heterocycles. The summed E-state index contributed by atoms with van der Waals surface area (Å²) >= 11 is 0. The Labute approximate surface area is 366 Å². The summed E-state index contributed by atoms with van der Waals surface area (Å²) < 4.78 is 0. The molecular formula is C60H37N3. The highest BCUT2D eigenvalue weighted by atomic mass is 15.0. The lowest BCUT2D eigenvalue weighted by Gasteiger charge is -2.30. The second-order valence-electron chi connectivity index (χ2n) is 17.4. The third-order valence-electron chi connectivity index (χ3n) is 14.5. The number of fused-ring (bicyclic) bond motifs is 20. The van der Waals surface area contributed by atoms with E-state index in [-0.39, 0.29) is 0 Å². The highest BCUT2D eigenvalue weighted by Gasteiger charge is 2.53. The van der Waals surface area contributed by atoms with Crippen LogP contribution < -0.4 is 0 Å². The summed E-state index contributed by atoms with van der Waals surface area (Å²) in [5, 5.41) is 0. The summed E-state index contributed by atoms with van der Waals surface area (Å²) in [5.41, 5.74) is 23.5. The molecule has 0 saturated carbocycles. The Morgan fingerprint density at radius 1 is 0.254 bits per heavy atom. The Hall–Kier alpha value is -8.01. The maximum atomic E-state index is 5.60. The van der Waals surface area contributed by atoms with Crippen molar-refractivity contribution in [3.63, 3.8) is 0 Å². The summed E-state index contributed by atoms with van der Waals surface area (Å²) in [7, 11) is 0. The molecule has 63 heavy (non-hydrogen) atoms. The number of aryl methyl sites for hydroxylation is 1. The second-order valence-corrected chi connectivity index (χ2v) is 17.4. The van der Waals surface area contributed by atoms with Crippen LogP contribution in [0.2, 0.25) is 0 Å². The van der Waals surface area contributed by atoms with Crippen LogP contribution in [0.4, 0.5) is 0 Å². The minimum atomic E-state index is -0.475. The lowest BCUT2D eigenvalue weighted by atomic mass is 9.70. The predicted octanol–water partition coefficient (Wildman–Crippen LogP) is 13.9. The van der Waals surface area contributed by atoms with Crippen LogP contribution >= 0.6 is 0 Å². The summed E-state index contributed by atoms with van der Waals surface area (Å²) in [6.07, 6.45) is 0. The van der Waals surface area contributed by atoms with Crippen molar-refractivity contribution >= 4 is 0 Å². The molecule has 9 aromatic carbocycles. The molecule has 3 nitrogen and oxygen atoms in total. The largest absolute Gasteiger partial charge is 0.208 e. The maximum absolute atomic E-state index is 5.60. The van der Waals surface area contributed by atoms with Crippen molar-refractivity contribution in [3.8, 4) is 78.7 Å². The van der Waals surface area contributed by atoms with Gasteiger partial charge in [0.05, 0.1) is 10.8 Å². The molecule has 10 aromatic rings. The van der Waals surface area contributed by atoms with Crippen molar-refractivity contribution in [2.24, 2.45) is 0 Å². The summed E-state index contributed by atoms with van der Waals surface area (Å²) in [5.74, 6) is 1.98. The van der Waals surface area contributed by atoms with Gasteiger partial charge in [-0.2, -0.15) is 0 Å². The summed E-state index contributed by atoms with van der Waals surface area (Å²) in [6.45, 7) is 2.12. The Morgan fingerprint density at radius 2 is 0.540 bits per heavy atom. The number of rotatable bonds is 3. The van der Waals surface area contributed by atoms with Crippen LogP contribution in [0.5, 0.6) is 0 Å². The van der Waals surface area contributed by atoms with Crippen LogP contribution in [-0.2, 0) is 10.8 Å². The second kappa shape index (κ2) is 12.5. The zero-order valence-electron chi connectivity index (χ0n) is 34.5. The van der Waals surface area contributed by atoms with Gasteiger partial charge in [0.2, 0.25) is 0 Å². The normalized spacial score (nSPS) is 14.4. The average molecular weight is 800 g/mol. The van der Waals surface area contributed by atoms with Crippen LogP contribution in [-0.4, -0.2) is 15.0 Å². The van der Waals surface area contributed by atoms with E-state index in [0.717, 1.165) is 16.7 Å². The van der Waals surface area contributed by atoms with Gasteiger partial charge in [0.1, 0.15) is 0 Å². The van der Waals surface area contributed by atoms with Crippen molar-refractivity contribution in [1.29, 1.82) is 0 Å². The Bertz CT molecular complexity index is 3290. The first kappa shape index (κ1) is 34.7. The fourth-order valence-corrected chi connectivity index (χ4v) is 12.1. The SMILES string of the molecule is Cc1ccc(-c2nc(-c3cccc4c3-c3ccccc3C43c4ccccc4-c4ccccc43)nc(-c3cccc4c3-c3ccccc3C43c4ccccc4-c4ccccc43)n2)cc1. The van der Waals surface area contributed by atoms with Gasteiger partial charge in [0, 0.05) is 16.7 Å². The van der Waals surface area contributed by atoms with Crippen molar-refractivity contribution in [3.05, 3.63) is 256 Å². The Balaban J connectivity index is 1.05.